The molecule has 1 saturated heterocycles. The van der Waals surface area contributed by atoms with E-state index in [0.717, 1.165) is 22.7 Å². The van der Waals surface area contributed by atoms with Crippen LogP contribution in [0.15, 0.2) is 53.4 Å². The van der Waals surface area contributed by atoms with Gasteiger partial charge in [-0.1, -0.05) is 6.92 Å². The lowest BCUT2D eigenvalue weighted by Gasteiger charge is -2.30. The summed E-state index contributed by atoms with van der Waals surface area (Å²) in [6.45, 7) is 2.85. The van der Waals surface area contributed by atoms with Gasteiger partial charge in [-0.05, 0) is 55.0 Å². The summed E-state index contributed by atoms with van der Waals surface area (Å²) in [6, 6.07) is 9.38. The molecule has 2 aromatic rings. The first-order valence-electron chi connectivity index (χ1n) is 10.3. The van der Waals surface area contributed by atoms with Gasteiger partial charge in [-0.2, -0.15) is 4.31 Å². The van der Waals surface area contributed by atoms with Crippen molar-refractivity contribution >= 4 is 37.3 Å². The zero-order valence-electron chi connectivity index (χ0n) is 18.3. The first kappa shape index (κ1) is 25.1. The number of nitrogens with one attached hydrogen (secondary N) is 1. The molecule has 1 unspecified atom stereocenters. The lowest BCUT2D eigenvalue weighted by atomic mass is 10.2. The van der Waals surface area contributed by atoms with Crippen LogP contribution in [-0.2, 0) is 29.6 Å². The summed E-state index contributed by atoms with van der Waals surface area (Å²) in [5.74, 6) is -1.13. The van der Waals surface area contributed by atoms with Crippen LogP contribution in [0.5, 0.6) is 0 Å². The number of ether oxygens (including phenoxy) is 1. The standard InChI is InChI=1S/C21H26FN3O6S2/c1-3-20(25(32(2,27)28)18-8-4-16(22)5-9-18)21(26)23-17-6-10-19(11-7-17)33(29,30)24-12-14-31-15-13-24/h4-11,20H,3,12-15H2,1-2H3,(H,23,26). The molecule has 3 rings (SSSR count). The molecule has 0 spiro atoms. The molecule has 12 heteroatoms. The summed E-state index contributed by atoms with van der Waals surface area (Å²) >= 11 is 0. The number of rotatable bonds is 8. The molecule has 1 amide bonds. The molecule has 2 aromatic carbocycles. The highest BCUT2D eigenvalue weighted by atomic mass is 32.2. The number of carbonyl (C=O) groups is 1. The zero-order valence-corrected chi connectivity index (χ0v) is 19.9. The molecular formula is C21H26FN3O6S2. The third-order valence-electron chi connectivity index (χ3n) is 5.14. The van der Waals surface area contributed by atoms with Gasteiger partial charge in [0.25, 0.3) is 0 Å². The number of amides is 1. The van der Waals surface area contributed by atoms with Crippen molar-refractivity contribution in [2.24, 2.45) is 0 Å². The maximum absolute atomic E-state index is 13.3. The van der Waals surface area contributed by atoms with E-state index in [4.69, 9.17) is 4.74 Å². The molecule has 1 aliphatic heterocycles. The summed E-state index contributed by atoms with van der Waals surface area (Å²) in [7, 11) is -7.54. The normalized spacial score (nSPS) is 16.2. The highest BCUT2D eigenvalue weighted by molar-refractivity contribution is 7.92. The third-order valence-corrected chi connectivity index (χ3v) is 8.23. The number of anilines is 2. The van der Waals surface area contributed by atoms with Gasteiger partial charge in [-0.15, -0.1) is 0 Å². The highest BCUT2D eigenvalue weighted by Crippen LogP contribution is 2.24. The first-order valence-corrected chi connectivity index (χ1v) is 13.6. The lowest BCUT2D eigenvalue weighted by Crippen LogP contribution is -2.47. The minimum absolute atomic E-state index is 0.0820. The minimum atomic E-state index is -3.86. The van der Waals surface area contributed by atoms with Gasteiger partial charge in [0.15, 0.2) is 0 Å². The van der Waals surface area contributed by atoms with Crippen molar-refractivity contribution in [3.63, 3.8) is 0 Å². The smallest absolute Gasteiger partial charge is 0.248 e. The Morgan fingerprint density at radius 3 is 2.15 bits per heavy atom. The van der Waals surface area contributed by atoms with E-state index in [2.05, 4.69) is 5.32 Å². The van der Waals surface area contributed by atoms with Crippen LogP contribution in [0.4, 0.5) is 15.8 Å². The van der Waals surface area contributed by atoms with Crippen molar-refractivity contribution < 1.29 is 30.8 Å². The summed E-state index contributed by atoms with van der Waals surface area (Å²) in [5.41, 5.74) is 0.472. The lowest BCUT2D eigenvalue weighted by molar-refractivity contribution is -0.117. The van der Waals surface area contributed by atoms with Crippen LogP contribution in [-0.4, -0.2) is 65.6 Å². The molecule has 1 heterocycles. The molecule has 1 atom stereocenters. The summed E-state index contributed by atoms with van der Waals surface area (Å²) in [6.07, 6.45) is 1.12. The molecule has 1 fully saturated rings. The van der Waals surface area contributed by atoms with Crippen LogP contribution in [0.3, 0.4) is 0 Å². The van der Waals surface area contributed by atoms with E-state index in [1.54, 1.807) is 6.92 Å². The Morgan fingerprint density at radius 2 is 1.64 bits per heavy atom. The quantitative estimate of drug-likeness (QED) is 0.595. The number of morpholine rings is 1. The van der Waals surface area contributed by atoms with Crippen molar-refractivity contribution in [1.29, 1.82) is 0 Å². The average Bonchev–Trinajstić information content (AvgIpc) is 2.78. The predicted molar refractivity (Wildman–Crippen MR) is 122 cm³/mol. The molecule has 180 valence electrons. The largest absolute Gasteiger partial charge is 0.379 e. The van der Waals surface area contributed by atoms with Gasteiger partial charge >= 0.3 is 0 Å². The molecule has 1 aliphatic rings. The average molecular weight is 500 g/mol. The Hall–Kier alpha value is -2.54. The van der Waals surface area contributed by atoms with Crippen molar-refractivity contribution in [2.75, 3.05) is 42.2 Å². The highest BCUT2D eigenvalue weighted by Gasteiger charge is 2.32. The number of carbonyl (C=O) groups excluding carboxylic acids is 1. The Morgan fingerprint density at radius 1 is 1.06 bits per heavy atom. The molecule has 0 aromatic heterocycles. The zero-order chi connectivity index (χ0) is 24.2. The number of hydrogen-bond donors (Lipinski definition) is 1. The van der Waals surface area contributed by atoms with Gasteiger partial charge in [0.2, 0.25) is 26.0 Å². The molecule has 0 radical (unpaired) electrons. The number of halogens is 1. The molecule has 1 N–H and O–H groups in total. The maximum Gasteiger partial charge on any atom is 0.248 e. The van der Waals surface area contributed by atoms with Crippen LogP contribution >= 0.6 is 0 Å². The molecule has 0 bridgehead atoms. The third kappa shape index (κ3) is 5.88. The van der Waals surface area contributed by atoms with E-state index in [-0.39, 0.29) is 30.1 Å². The van der Waals surface area contributed by atoms with E-state index in [1.165, 1.54) is 40.7 Å². The van der Waals surface area contributed by atoms with E-state index in [1.807, 2.05) is 0 Å². The van der Waals surface area contributed by atoms with Crippen LogP contribution in [0, 0.1) is 5.82 Å². The van der Waals surface area contributed by atoms with Gasteiger partial charge < -0.3 is 10.1 Å². The summed E-state index contributed by atoms with van der Waals surface area (Å²) in [5, 5.41) is 2.64. The van der Waals surface area contributed by atoms with Gasteiger partial charge in [0, 0.05) is 18.8 Å². The monoisotopic (exact) mass is 499 g/mol. The van der Waals surface area contributed by atoms with Crippen LogP contribution in [0.25, 0.3) is 0 Å². The second kappa shape index (κ2) is 10.2. The molecular weight excluding hydrogens is 473 g/mol. The second-order valence-electron chi connectivity index (χ2n) is 7.49. The Kier molecular flexibility index (Phi) is 7.73. The predicted octanol–water partition coefficient (Wildman–Crippen LogP) is 2.03. The molecule has 9 nitrogen and oxygen atoms in total. The molecule has 0 saturated carbocycles. The Labute approximate surface area is 193 Å². The maximum atomic E-state index is 13.3. The van der Waals surface area contributed by atoms with Crippen molar-refractivity contribution in [3.05, 3.63) is 54.3 Å². The van der Waals surface area contributed by atoms with Crippen LogP contribution in [0.1, 0.15) is 13.3 Å². The number of sulfonamides is 2. The van der Waals surface area contributed by atoms with Crippen LogP contribution in [0.2, 0.25) is 0 Å². The number of nitrogens with zero attached hydrogens (tertiary/aromatic N) is 2. The first-order chi connectivity index (χ1) is 15.5. The van der Waals surface area contributed by atoms with Gasteiger partial charge in [-0.25, -0.2) is 21.2 Å². The summed E-state index contributed by atoms with van der Waals surface area (Å²) in [4.78, 5) is 13.1. The SMILES string of the molecule is CCC(C(=O)Nc1ccc(S(=O)(=O)N2CCOCC2)cc1)N(c1ccc(F)cc1)S(C)(=O)=O. The van der Waals surface area contributed by atoms with Gasteiger partial charge in [0.1, 0.15) is 11.9 Å². The van der Waals surface area contributed by atoms with Crippen molar-refractivity contribution in [2.45, 2.75) is 24.3 Å². The van der Waals surface area contributed by atoms with Crippen LogP contribution < -0.4 is 9.62 Å². The van der Waals surface area contributed by atoms with Gasteiger partial charge in [-0.3, -0.25) is 9.10 Å². The summed E-state index contributed by atoms with van der Waals surface area (Å²) < 4.78 is 71.2. The van der Waals surface area contributed by atoms with E-state index in [9.17, 15) is 26.0 Å². The van der Waals surface area contributed by atoms with Crippen molar-refractivity contribution in [3.8, 4) is 0 Å². The fourth-order valence-corrected chi connectivity index (χ4v) is 6.14. The number of benzene rings is 2. The number of hydrogen-bond acceptors (Lipinski definition) is 6. The fraction of sp³-hybridized carbons (Fsp3) is 0.381. The van der Waals surface area contributed by atoms with E-state index in [0.29, 0.717) is 18.9 Å². The fourth-order valence-electron chi connectivity index (χ4n) is 3.52. The minimum Gasteiger partial charge on any atom is -0.379 e. The van der Waals surface area contributed by atoms with Crippen molar-refractivity contribution in [1.82, 2.24) is 4.31 Å². The van der Waals surface area contributed by atoms with E-state index < -0.39 is 37.8 Å². The topological polar surface area (TPSA) is 113 Å². The second-order valence-corrected chi connectivity index (χ2v) is 11.3. The van der Waals surface area contributed by atoms with Gasteiger partial charge in [0.05, 0.1) is 30.1 Å². The molecule has 0 aliphatic carbocycles. The van der Waals surface area contributed by atoms with E-state index >= 15 is 0 Å². The Balaban J connectivity index is 1.80. The Bertz CT molecular complexity index is 1180. The molecule has 33 heavy (non-hydrogen) atoms.